The van der Waals surface area contributed by atoms with Crippen LogP contribution in [-0.4, -0.2) is 51.9 Å². The zero-order valence-corrected chi connectivity index (χ0v) is 18.4. The van der Waals surface area contributed by atoms with Crippen LogP contribution in [0.25, 0.3) is 0 Å². The van der Waals surface area contributed by atoms with Gasteiger partial charge in [0.1, 0.15) is 0 Å². The third-order valence-corrected chi connectivity index (χ3v) is 5.09. The van der Waals surface area contributed by atoms with Crippen LogP contribution in [-0.2, 0) is 4.79 Å². The Morgan fingerprint density at radius 1 is 1.21 bits per heavy atom. The van der Waals surface area contributed by atoms with E-state index in [1.807, 2.05) is 0 Å². The number of nitrogens with one attached hydrogen (secondary N) is 2. The van der Waals surface area contributed by atoms with Crippen molar-refractivity contribution in [1.82, 2.24) is 14.9 Å². The molecule has 14 heteroatoms. The number of non-ortho nitro benzene ring substituents is 1. The van der Waals surface area contributed by atoms with Crippen molar-refractivity contribution in [1.29, 1.82) is 0 Å². The predicted molar refractivity (Wildman–Crippen MR) is 123 cm³/mol. The number of hydrogen-bond donors (Lipinski definition) is 3. The van der Waals surface area contributed by atoms with E-state index in [0.717, 1.165) is 16.4 Å². The maximum atomic E-state index is 12.3. The monoisotopic (exact) mass is 472 g/mol. The molecule has 0 aliphatic carbocycles. The molecular formula is C19H20N8O5S. The largest absolute Gasteiger partial charge is 0.493 e. The number of hydrazone groups is 1. The van der Waals surface area contributed by atoms with E-state index < -0.39 is 4.92 Å². The van der Waals surface area contributed by atoms with E-state index in [0.29, 0.717) is 27.9 Å². The predicted octanol–water partition coefficient (Wildman–Crippen LogP) is 2.09. The Labute approximate surface area is 192 Å². The van der Waals surface area contributed by atoms with Crippen LogP contribution in [0.1, 0.15) is 5.56 Å². The summed E-state index contributed by atoms with van der Waals surface area (Å²) in [5, 5.41) is 25.5. The van der Waals surface area contributed by atoms with Gasteiger partial charge in [-0.15, -0.1) is 10.2 Å². The lowest BCUT2D eigenvalue weighted by Gasteiger charge is -2.10. The minimum atomic E-state index is -0.483. The molecule has 0 saturated heterocycles. The van der Waals surface area contributed by atoms with Gasteiger partial charge in [-0.25, -0.2) is 10.1 Å². The van der Waals surface area contributed by atoms with Crippen LogP contribution in [0, 0.1) is 10.1 Å². The van der Waals surface area contributed by atoms with E-state index in [-0.39, 0.29) is 23.3 Å². The average Bonchev–Trinajstić information content (AvgIpc) is 3.17. The molecule has 0 atom stereocenters. The number of rotatable bonds is 10. The summed E-state index contributed by atoms with van der Waals surface area (Å²) in [7, 11) is 3.04. The minimum Gasteiger partial charge on any atom is -0.493 e. The molecule has 0 fully saturated rings. The van der Waals surface area contributed by atoms with Crippen molar-refractivity contribution in [2.75, 3.05) is 36.6 Å². The molecule has 0 spiro atoms. The van der Waals surface area contributed by atoms with Crippen molar-refractivity contribution in [2.45, 2.75) is 5.16 Å². The smallest absolute Gasteiger partial charge is 0.269 e. The number of ether oxygens (including phenoxy) is 2. The molecule has 0 unspecified atom stereocenters. The second kappa shape index (κ2) is 10.8. The van der Waals surface area contributed by atoms with Gasteiger partial charge in [0.2, 0.25) is 11.1 Å². The number of anilines is 2. The molecule has 0 bridgehead atoms. The zero-order valence-electron chi connectivity index (χ0n) is 17.6. The van der Waals surface area contributed by atoms with Crippen LogP contribution in [0.3, 0.4) is 0 Å². The quantitative estimate of drug-likeness (QED) is 0.130. The summed E-state index contributed by atoms with van der Waals surface area (Å²) in [6.45, 7) is 0. The lowest BCUT2D eigenvalue weighted by atomic mass is 10.2. The maximum absolute atomic E-state index is 12.3. The van der Waals surface area contributed by atoms with Crippen molar-refractivity contribution in [2.24, 2.45) is 5.10 Å². The molecule has 0 radical (unpaired) electrons. The van der Waals surface area contributed by atoms with Gasteiger partial charge in [-0.3, -0.25) is 14.9 Å². The minimum absolute atomic E-state index is 0.0151. The van der Waals surface area contributed by atoms with Crippen LogP contribution in [0.2, 0.25) is 0 Å². The van der Waals surface area contributed by atoms with Gasteiger partial charge in [0.15, 0.2) is 11.5 Å². The highest BCUT2D eigenvalue weighted by Gasteiger charge is 2.13. The Morgan fingerprint density at radius 3 is 2.61 bits per heavy atom. The Hall–Kier alpha value is -4.33. The third kappa shape index (κ3) is 6.10. The van der Waals surface area contributed by atoms with Gasteiger partial charge in [-0.2, -0.15) is 5.10 Å². The molecule has 3 rings (SSSR count). The first-order chi connectivity index (χ1) is 15.9. The van der Waals surface area contributed by atoms with E-state index in [9.17, 15) is 14.9 Å². The van der Waals surface area contributed by atoms with E-state index in [1.54, 1.807) is 30.3 Å². The zero-order chi connectivity index (χ0) is 23.8. The summed E-state index contributed by atoms with van der Waals surface area (Å²) in [6.07, 6.45) is 1.45. The number of carbonyl (C=O) groups is 1. The number of nitro groups is 1. The maximum Gasteiger partial charge on any atom is 0.269 e. The molecule has 0 aliphatic rings. The molecule has 0 saturated carbocycles. The Kier molecular flexibility index (Phi) is 7.64. The molecule has 1 aromatic heterocycles. The molecule has 3 aromatic rings. The van der Waals surface area contributed by atoms with Gasteiger partial charge in [0.05, 0.1) is 31.1 Å². The first-order valence-corrected chi connectivity index (χ1v) is 10.3. The number of benzene rings is 2. The van der Waals surface area contributed by atoms with Gasteiger partial charge >= 0.3 is 0 Å². The Morgan fingerprint density at radius 2 is 1.94 bits per heavy atom. The summed E-state index contributed by atoms with van der Waals surface area (Å²) in [4.78, 5) is 22.5. The molecule has 2 aromatic carbocycles. The Bertz CT molecular complexity index is 1170. The first kappa shape index (κ1) is 23.3. The number of nitro benzene ring substituents is 1. The summed E-state index contributed by atoms with van der Waals surface area (Å²) >= 11 is 1.09. The van der Waals surface area contributed by atoms with Crippen molar-refractivity contribution < 1.29 is 19.2 Å². The van der Waals surface area contributed by atoms with Crippen molar-refractivity contribution in [3.05, 3.63) is 58.1 Å². The second-order valence-corrected chi connectivity index (χ2v) is 7.24. The lowest BCUT2D eigenvalue weighted by Crippen LogP contribution is -2.17. The van der Waals surface area contributed by atoms with Crippen molar-refractivity contribution in [3.8, 4) is 11.5 Å². The molecule has 1 amide bonds. The normalized spacial score (nSPS) is 10.7. The van der Waals surface area contributed by atoms with Crippen molar-refractivity contribution in [3.63, 3.8) is 0 Å². The van der Waals surface area contributed by atoms with E-state index in [4.69, 9.17) is 15.3 Å². The van der Waals surface area contributed by atoms with Gasteiger partial charge in [0.25, 0.3) is 11.6 Å². The van der Waals surface area contributed by atoms with Crippen molar-refractivity contribution >= 4 is 41.2 Å². The van der Waals surface area contributed by atoms with Crippen LogP contribution in [0.15, 0.2) is 52.7 Å². The molecular weight excluding hydrogens is 452 g/mol. The molecule has 4 N–H and O–H groups in total. The van der Waals surface area contributed by atoms with Crippen LogP contribution >= 0.6 is 11.8 Å². The fraction of sp³-hybridized carbons (Fsp3) is 0.158. The molecule has 33 heavy (non-hydrogen) atoms. The van der Waals surface area contributed by atoms with Gasteiger partial charge in [0, 0.05) is 23.9 Å². The topological polar surface area (TPSA) is 172 Å². The van der Waals surface area contributed by atoms with Crippen LogP contribution < -0.4 is 26.1 Å². The van der Waals surface area contributed by atoms with Gasteiger partial charge < -0.3 is 20.6 Å². The Balaban J connectivity index is 1.53. The molecule has 0 aliphatic heterocycles. The van der Waals surface area contributed by atoms with Crippen LogP contribution in [0.4, 0.5) is 17.3 Å². The number of hydrogen-bond acceptors (Lipinski definition) is 11. The SMILES string of the molecule is COc1ccc(NC(=O)CSc2nnc(N/N=C/c3ccc([N+](=O)[O-])cc3)n2N)cc1OC. The van der Waals surface area contributed by atoms with E-state index in [2.05, 4.69) is 26.0 Å². The number of amides is 1. The molecule has 1 heterocycles. The number of thioether (sulfide) groups is 1. The number of nitrogens with two attached hydrogens (primary N) is 1. The van der Waals surface area contributed by atoms with Gasteiger partial charge in [-0.05, 0) is 29.8 Å². The summed E-state index contributed by atoms with van der Waals surface area (Å²) < 4.78 is 11.5. The van der Waals surface area contributed by atoms with Crippen LogP contribution in [0.5, 0.6) is 11.5 Å². The second-order valence-electron chi connectivity index (χ2n) is 6.30. The highest BCUT2D eigenvalue weighted by molar-refractivity contribution is 7.99. The number of nitrogen functional groups attached to an aromatic ring is 1. The number of carbonyl (C=O) groups excluding carboxylic acids is 1. The number of methoxy groups -OCH3 is 2. The number of nitrogens with zero attached hydrogens (tertiary/aromatic N) is 5. The summed E-state index contributed by atoms with van der Waals surface area (Å²) in [5.41, 5.74) is 3.80. The summed E-state index contributed by atoms with van der Waals surface area (Å²) in [6, 6.07) is 10.9. The van der Waals surface area contributed by atoms with E-state index in [1.165, 1.54) is 32.6 Å². The molecule has 13 nitrogen and oxygen atoms in total. The fourth-order valence-electron chi connectivity index (χ4n) is 2.54. The lowest BCUT2D eigenvalue weighted by molar-refractivity contribution is -0.384. The first-order valence-electron chi connectivity index (χ1n) is 9.30. The highest BCUT2D eigenvalue weighted by Crippen LogP contribution is 2.29. The number of aromatic nitrogens is 3. The van der Waals surface area contributed by atoms with E-state index >= 15 is 0 Å². The highest BCUT2D eigenvalue weighted by atomic mass is 32.2. The average molecular weight is 472 g/mol. The van der Waals surface area contributed by atoms with Gasteiger partial charge in [-0.1, -0.05) is 11.8 Å². The fourth-order valence-corrected chi connectivity index (χ4v) is 3.20. The molecule has 172 valence electrons. The summed E-state index contributed by atoms with van der Waals surface area (Å²) in [5.74, 6) is 6.90. The third-order valence-electron chi connectivity index (χ3n) is 4.15. The standard InChI is InChI=1S/C19H20N8O5S/c1-31-15-8-5-13(9-16(15)32-2)22-17(28)11-33-19-25-24-18(26(19)20)23-21-10-12-3-6-14(7-4-12)27(29)30/h3-10H,11,20H2,1-2H3,(H,22,28)(H,23,24)/b21-10+.